The Kier molecular flexibility index (Phi) is 5.94. The van der Waals surface area contributed by atoms with Crippen LogP contribution in [0.4, 0.5) is 10.5 Å². The number of rotatable bonds is 4. The summed E-state index contributed by atoms with van der Waals surface area (Å²) >= 11 is 7.56. The van der Waals surface area contributed by atoms with E-state index in [9.17, 15) is 9.59 Å². The predicted molar refractivity (Wildman–Crippen MR) is 101 cm³/mol. The predicted octanol–water partition coefficient (Wildman–Crippen LogP) is 3.96. The Labute approximate surface area is 156 Å². The zero-order chi connectivity index (χ0) is 17.6. The van der Waals surface area contributed by atoms with Gasteiger partial charge in [-0.25, -0.2) is 4.79 Å². The first-order valence-electron chi connectivity index (χ1n) is 8.23. The number of hydrogen-bond acceptors (Lipinski definition) is 3. The normalized spacial score (nSPS) is 17.2. The van der Waals surface area contributed by atoms with E-state index in [1.165, 1.54) is 0 Å². The molecule has 1 aromatic carbocycles. The fourth-order valence-electron chi connectivity index (χ4n) is 2.87. The molecule has 2 aromatic rings. The molecular weight excluding hydrogens is 358 g/mol. The average molecular weight is 378 g/mol. The summed E-state index contributed by atoms with van der Waals surface area (Å²) in [4.78, 5) is 27.6. The lowest BCUT2D eigenvalue weighted by Gasteiger charge is -2.32. The van der Waals surface area contributed by atoms with E-state index in [2.05, 4.69) is 10.6 Å². The minimum atomic E-state index is -0.208. The third-order valence-corrected chi connectivity index (χ3v) is 5.28. The van der Waals surface area contributed by atoms with Crippen LogP contribution in [0.25, 0.3) is 0 Å². The minimum absolute atomic E-state index is 0.0713. The van der Waals surface area contributed by atoms with E-state index in [1.54, 1.807) is 40.5 Å². The fraction of sp³-hybridized carbons (Fsp3) is 0.333. The molecule has 1 aromatic heterocycles. The van der Waals surface area contributed by atoms with Crippen molar-refractivity contribution >= 4 is 40.6 Å². The minimum Gasteiger partial charge on any atom is -0.333 e. The van der Waals surface area contributed by atoms with Gasteiger partial charge in [0.05, 0.1) is 12.5 Å². The van der Waals surface area contributed by atoms with E-state index in [0.717, 1.165) is 17.7 Å². The van der Waals surface area contributed by atoms with Crippen molar-refractivity contribution in [2.45, 2.75) is 19.4 Å². The molecule has 0 radical (unpaired) electrons. The SMILES string of the molecule is O=C(Nc1cccc(Cl)c1)C1CCCN(C(=O)NCc2cccs2)C1. The van der Waals surface area contributed by atoms with Crippen LogP contribution in [0.1, 0.15) is 17.7 Å². The van der Waals surface area contributed by atoms with Crippen LogP contribution in [-0.4, -0.2) is 29.9 Å². The van der Waals surface area contributed by atoms with E-state index >= 15 is 0 Å². The zero-order valence-electron chi connectivity index (χ0n) is 13.7. The molecule has 2 heterocycles. The van der Waals surface area contributed by atoms with Gasteiger partial charge in [0.25, 0.3) is 0 Å². The van der Waals surface area contributed by atoms with E-state index in [0.29, 0.717) is 30.3 Å². The molecule has 1 atom stereocenters. The molecule has 25 heavy (non-hydrogen) atoms. The number of amides is 3. The summed E-state index contributed by atoms with van der Waals surface area (Å²) in [5, 5.41) is 8.37. The number of nitrogens with zero attached hydrogens (tertiary/aromatic N) is 1. The third-order valence-electron chi connectivity index (χ3n) is 4.17. The summed E-state index contributed by atoms with van der Waals surface area (Å²) in [6.07, 6.45) is 1.60. The van der Waals surface area contributed by atoms with E-state index in [4.69, 9.17) is 11.6 Å². The molecule has 2 N–H and O–H groups in total. The van der Waals surface area contributed by atoms with Gasteiger partial charge in [0.2, 0.25) is 5.91 Å². The molecule has 0 saturated carbocycles. The molecule has 3 rings (SSSR count). The number of hydrogen-bond donors (Lipinski definition) is 2. The number of urea groups is 1. The van der Waals surface area contributed by atoms with Crippen molar-refractivity contribution in [3.8, 4) is 0 Å². The van der Waals surface area contributed by atoms with Crippen molar-refractivity contribution in [1.82, 2.24) is 10.2 Å². The molecule has 5 nitrogen and oxygen atoms in total. The van der Waals surface area contributed by atoms with Crippen LogP contribution >= 0.6 is 22.9 Å². The average Bonchev–Trinajstić information content (AvgIpc) is 3.13. The molecule has 1 saturated heterocycles. The number of anilines is 1. The Morgan fingerprint density at radius 1 is 1.28 bits per heavy atom. The lowest BCUT2D eigenvalue weighted by molar-refractivity contribution is -0.121. The standard InChI is InChI=1S/C18H20ClN3O2S/c19-14-5-1-6-15(10-14)21-17(23)13-4-2-8-22(12-13)18(24)20-11-16-7-3-9-25-16/h1,3,5-7,9-10,13H,2,4,8,11-12H2,(H,20,24)(H,21,23). The molecule has 1 aliphatic rings. The fourth-order valence-corrected chi connectivity index (χ4v) is 3.71. The van der Waals surface area contributed by atoms with Crippen LogP contribution in [0.5, 0.6) is 0 Å². The van der Waals surface area contributed by atoms with Crippen LogP contribution in [0.2, 0.25) is 5.02 Å². The largest absolute Gasteiger partial charge is 0.333 e. The van der Waals surface area contributed by atoms with Crippen molar-refractivity contribution in [3.63, 3.8) is 0 Å². The van der Waals surface area contributed by atoms with Gasteiger partial charge in [-0.2, -0.15) is 0 Å². The number of piperidine rings is 1. The van der Waals surface area contributed by atoms with E-state index in [1.807, 2.05) is 17.5 Å². The monoisotopic (exact) mass is 377 g/mol. The van der Waals surface area contributed by atoms with Gasteiger partial charge >= 0.3 is 6.03 Å². The maximum absolute atomic E-state index is 12.5. The van der Waals surface area contributed by atoms with Gasteiger partial charge in [0.1, 0.15) is 0 Å². The van der Waals surface area contributed by atoms with E-state index < -0.39 is 0 Å². The summed E-state index contributed by atoms with van der Waals surface area (Å²) in [5.74, 6) is -0.279. The van der Waals surface area contributed by atoms with Crippen LogP contribution in [0, 0.1) is 5.92 Å². The molecule has 7 heteroatoms. The second-order valence-electron chi connectivity index (χ2n) is 6.02. The van der Waals surface area contributed by atoms with Crippen LogP contribution < -0.4 is 10.6 Å². The van der Waals surface area contributed by atoms with Gasteiger partial charge in [0, 0.05) is 28.7 Å². The third kappa shape index (κ3) is 4.96. The molecule has 1 aliphatic heterocycles. The summed E-state index contributed by atoms with van der Waals surface area (Å²) < 4.78 is 0. The second-order valence-corrected chi connectivity index (χ2v) is 7.49. The highest BCUT2D eigenvalue weighted by atomic mass is 35.5. The van der Waals surface area contributed by atoms with Crippen molar-refractivity contribution in [2.75, 3.05) is 18.4 Å². The summed E-state index contributed by atoms with van der Waals surface area (Å²) in [7, 11) is 0. The smallest absolute Gasteiger partial charge is 0.317 e. The molecule has 132 valence electrons. The van der Waals surface area contributed by atoms with Crippen LogP contribution in [-0.2, 0) is 11.3 Å². The lowest BCUT2D eigenvalue weighted by atomic mass is 9.97. The first-order chi connectivity index (χ1) is 12.1. The quantitative estimate of drug-likeness (QED) is 0.847. The Hall–Kier alpha value is -2.05. The lowest BCUT2D eigenvalue weighted by Crippen LogP contribution is -2.47. The Morgan fingerprint density at radius 2 is 2.16 bits per heavy atom. The molecular formula is C18H20ClN3O2S. The molecule has 0 spiro atoms. The number of nitrogens with one attached hydrogen (secondary N) is 2. The highest BCUT2D eigenvalue weighted by Gasteiger charge is 2.28. The molecule has 3 amide bonds. The van der Waals surface area contributed by atoms with Crippen LogP contribution in [0.3, 0.4) is 0 Å². The Balaban J connectivity index is 1.53. The number of halogens is 1. The van der Waals surface area contributed by atoms with Crippen molar-refractivity contribution in [2.24, 2.45) is 5.92 Å². The topological polar surface area (TPSA) is 61.4 Å². The summed E-state index contributed by atoms with van der Waals surface area (Å²) in [5.41, 5.74) is 0.678. The maximum Gasteiger partial charge on any atom is 0.317 e. The first kappa shape index (κ1) is 17.8. The molecule has 1 fully saturated rings. The molecule has 0 bridgehead atoms. The van der Waals surface area contributed by atoms with Gasteiger partial charge in [0.15, 0.2) is 0 Å². The Morgan fingerprint density at radius 3 is 2.92 bits per heavy atom. The first-order valence-corrected chi connectivity index (χ1v) is 9.49. The van der Waals surface area contributed by atoms with Crippen molar-refractivity contribution < 1.29 is 9.59 Å². The van der Waals surface area contributed by atoms with Crippen LogP contribution in [0.15, 0.2) is 41.8 Å². The highest BCUT2D eigenvalue weighted by molar-refractivity contribution is 7.09. The maximum atomic E-state index is 12.5. The number of carbonyl (C=O) groups is 2. The van der Waals surface area contributed by atoms with Gasteiger partial charge in [-0.15, -0.1) is 11.3 Å². The Bertz CT molecular complexity index is 736. The van der Waals surface area contributed by atoms with E-state index in [-0.39, 0.29) is 17.9 Å². The second kappa shape index (κ2) is 8.36. The molecule has 1 unspecified atom stereocenters. The van der Waals surface area contributed by atoms with Crippen molar-refractivity contribution in [3.05, 3.63) is 51.7 Å². The zero-order valence-corrected chi connectivity index (χ0v) is 15.3. The van der Waals surface area contributed by atoms with Gasteiger partial charge in [-0.3, -0.25) is 4.79 Å². The number of carbonyl (C=O) groups excluding carboxylic acids is 2. The number of likely N-dealkylation sites (tertiary alicyclic amines) is 1. The summed E-state index contributed by atoms with van der Waals surface area (Å²) in [6.45, 7) is 1.63. The molecule has 0 aliphatic carbocycles. The van der Waals surface area contributed by atoms with Gasteiger partial charge < -0.3 is 15.5 Å². The summed E-state index contributed by atoms with van der Waals surface area (Å²) in [6, 6.07) is 10.9. The highest BCUT2D eigenvalue weighted by Crippen LogP contribution is 2.20. The number of thiophene rings is 1. The van der Waals surface area contributed by atoms with Gasteiger partial charge in [-0.1, -0.05) is 23.7 Å². The van der Waals surface area contributed by atoms with Crippen molar-refractivity contribution in [1.29, 1.82) is 0 Å². The van der Waals surface area contributed by atoms with Gasteiger partial charge in [-0.05, 0) is 42.5 Å². The number of benzene rings is 1.